The fourth-order valence-electron chi connectivity index (χ4n) is 12.3. The standard InChI is InChI=1S/C26H36N4O4S.C24H32IN3O.C21H31N5O/c1-4-8-20(2)29-17-15-24(16-18-29)30(19-22-9-6-5-7-10-22)26(32)27-23-11-13-25(14-12-23)35(33,34)28-21(3)31;1-3-9-19(2)27-16-14-21(15-17-27)28(18-20-10-5-4-6-11-20)24(29)26-23-13-8-7-12-22(23)25;1-3-4-12-25-13-10-20(11-14-25)26(16-18-8-6-5-7-9-18)21(27)23-19-15-22-24(2)17-19/h5-7,9-14,20,24H,4,8,15-19H2,1-3H3,(H,27,32)(H,28,31);4-8,10-13,19,21H,3,9,14-18H2,1-2H3,(H,26,29);5-9,15,17,20H,3-4,10-14,16H2,1-2H3,(H,23,27). The molecule has 492 valence electrons. The lowest BCUT2D eigenvalue weighted by Crippen LogP contribution is -2.50. The lowest BCUT2D eigenvalue weighted by Gasteiger charge is -2.40. The van der Waals surface area contributed by atoms with Crippen LogP contribution in [0.5, 0.6) is 0 Å². The summed E-state index contributed by atoms with van der Waals surface area (Å²) in [6, 6.07) is 45.8. The topological polar surface area (TPSA) is 188 Å². The predicted molar refractivity (Wildman–Crippen MR) is 375 cm³/mol. The number of rotatable bonds is 23. The molecule has 0 aliphatic carbocycles. The van der Waals surface area contributed by atoms with Gasteiger partial charge in [-0.25, -0.2) is 27.5 Å². The second-order valence-electron chi connectivity index (χ2n) is 24.4. The summed E-state index contributed by atoms with van der Waals surface area (Å²) in [5.41, 5.74) is 5.50. The van der Waals surface area contributed by atoms with Gasteiger partial charge >= 0.3 is 18.1 Å². The number of benzene rings is 5. The van der Waals surface area contributed by atoms with E-state index in [1.165, 1.54) is 68.5 Å². The first-order valence-corrected chi connectivity index (χ1v) is 35.4. The molecule has 9 rings (SSSR count). The van der Waals surface area contributed by atoms with Gasteiger partial charge in [0.1, 0.15) is 0 Å². The third-order valence-corrected chi connectivity index (χ3v) is 19.9. The van der Waals surface area contributed by atoms with E-state index in [-0.39, 0.29) is 41.1 Å². The summed E-state index contributed by atoms with van der Waals surface area (Å²) in [6.07, 6.45) is 16.7. The van der Waals surface area contributed by atoms with Gasteiger partial charge in [0.15, 0.2) is 0 Å². The summed E-state index contributed by atoms with van der Waals surface area (Å²) >= 11 is 2.27. The van der Waals surface area contributed by atoms with E-state index < -0.39 is 15.9 Å². The summed E-state index contributed by atoms with van der Waals surface area (Å²) in [5.74, 6) is -0.658. The maximum Gasteiger partial charge on any atom is 0.322 e. The second kappa shape index (κ2) is 37.0. The number of nitrogens with zero attached hydrogens (tertiary/aromatic N) is 8. The number of aryl methyl sites for hydroxylation is 1. The van der Waals surface area contributed by atoms with Gasteiger partial charge in [0.25, 0.3) is 10.0 Å². The maximum atomic E-state index is 13.4. The number of hydrogen-bond acceptors (Lipinski definition) is 10. The average Bonchev–Trinajstić information content (AvgIpc) is 1.68. The first-order chi connectivity index (χ1) is 43.9. The minimum Gasteiger partial charge on any atom is -0.317 e. The molecule has 3 aliphatic heterocycles. The second-order valence-corrected chi connectivity index (χ2v) is 27.3. The number of hydrogen-bond donors (Lipinski definition) is 4. The van der Waals surface area contributed by atoms with Crippen molar-refractivity contribution in [3.63, 3.8) is 0 Å². The number of urea groups is 3. The minimum absolute atomic E-state index is 0.00183. The number of amides is 7. The molecule has 18 nitrogen and oxygen atoms in total. The SMILES string of the molecule is CCCC(C)N1CCC(N(Cc2ccccc2)C(=O)Nc2ccc(S(=O)(=O)NC(C)=O)cc2)CC1.CCCC(C)N1CCC(N(Cc2ccccc2)C(=O)Nc2ccccc2I)CC1.CCCCN1CCC(N(Cc2ccccc2)C(=O)Nc2cnn(C)c2)CC1. The van der Waals surface area contributed by atoms with Crippen LogP contribution in [0.25, 0.3) is 0 Å². The van der Waals surface area contributed by atoms with Crippen molar-refractivity contribution < 1.29 is 27.6 Å². The molecule has 2 atom stereocenters. The summed E-state index contributed by atoms with van der Waals surface area (Å²) in [7, 11) is -2.07. The van der Waals surface area contributed by atoms with Crippen LogP contribution in [-0.4, -0.2) is 148 Å². The minimum atomic E-state index is -3.92. The molecule has 2 unspecified atom stereocenters. The first kappa shape index (κ1) is 71.6. The molecule has 91 heavy (non-hydrogen) atoms. The molecule has 0 spiro atoms. The van der Waals surface area contributed by atoms with Gasteiger partial charge in [-0.3, -0.25) is 9.48 Å². The van der Waals surface area contributed by atoms with Gasteiger partial charge < -0.3 is 45.3 Å². The van der Waals surface area contributed by atoms with Crippen molar-refractivity contribution in [1.82, 2.24) is 43.9 Å². The molecule has 5 aromatic carbocycles. The van der Waals surface area contributed by atoms with Crippen LogP contribution >= 0.6 is 22.6 Å². The van der Waals surface area contributed by atoms with Crippen molar-refractivity contribution in [2.45, 2.75) is 173 Å². The molecule has 0 bridgehead atoms. The number of halogens is 1. The van der Waals surface area contributed by atoms with E-state index in [9.17, 15) is 27.6 Å². The van der Waals surface area contributed by atoms with Crippen LogP contribution in [0.4, 0.5) is 31.4 Å². The van der Waals surface area contributed by atoms with E-state index in [4.69, 9.17) is 0 Å². The molecular weight excluding hydrogens is 1280 g/mol. The Hall–Kier alpha value is -6.85. The Morgan fingerprint density at radius 1 is 0.549 bits per heavy atom. The van der Waals surface area contributed by atoms with Gasteiger partial charge in [0.05, 0.1) is 22.5 Å². The van der Waals surface area contributed by atoms with E-state index in [1.54, 1.807) is 10.9 Å². The highest BCUT2D eigenvalue weighted by Gasteiger charge is 2.33. The number of carbonyl (C=O) groups excluding carboxylic acids is 4. The molecule has 4 heterocycles. The van der Waals surface area contributed by atoms with E-state index in [0.29, 0.717) is 37.4 Å². The number of para-hydroxylation sites is 1. The molecular formula is C71H99IN12O6S. The van der Waals surface area contributed by atoms with Crippen LogP contribution in [0.1, 0.15) is 135 Å². The van der Waals surface area contributed by atoms with Crippen LogP contribution < -0.4 is 20.7 Å². The Morgan fingerprint density at radius 3 is 1.35 bits per heavy atom. The highest BCUT2D eigenvalue weighted by Crippen LogP contribution is 2.27. The average molecular weight is 1380 g/mol. The van der Waals surface area contributed by atoms with Crippen molar-refractivity contribution in [1.29, 1.82) is 0 Å². The quantitative estimate of drug-likeness (QED) is 0.0450. The molecule has 6 aromatic rings. The van der Waals surface area contributed by atoms with Crippen LogP contribution in [0.2, 0.25) is 0 Å². The highest BCUT2D eigenvalue weighted by molar-refractivity contribution is 14.1. The number of carbonyl (C=O) groups is 4. The van der Waals surface area contributed by atoms with E-state index >= 15 is 0 Å². The van der Waals surface area contributed by atoms with Crippen molar-refractivity contribution in [2.75, 3.05) is 61.8 Å². The zero-order valence-corrected chi connectivity index (χ0v) is 57.7. The molecule has 0 saturated carbocycles. The van der Waals surface area contributed by atoms with Crippen LogP contribution in [0.3, 0.4) is 0 Å². The van der Waals surface area contributed by atoms with Crippen molar-refractivity contribution in [3.8, 4) is 0 Å². The molecule has 3 aliphatic rings. The van der Waals surface area contributed by atoms with Crippen molar-refractivity contribution in [3.05, 3.63) is 172 Å². The van der Waals surface area contributed by atoms with Crippen molar-refractivity contribution >= 4 is 73.7 Å². The highest BCUT2D eigenvalue weighted by atomic mass is 127. The molecule has 1 aromatic heterocycles. The number of anilines is 3. The first-order valence-electron chi connectivity index (χ1n) is 32.8. The Bertz CT molecular complexity index is 3250. The Balaban J connectivity index is 0.000000196. The summed E-state index contributed by atoms with van der Waals surface area (Å²) in [5, 5.41) is 13.2. The fourth-order valence-corrected chi connectivity index (χ4v) is 13.9. The number of likely N-dealkylation sites (tertiary alicyclic amines) is 3. The van der Waals surface area contributed by atoms with Crippen LogP contribution in [-0.2, 0) is 41.5 Å². The van der Waals surface area contributed by atoms with Gasteiger partial charge in [-0.1, -0.05) is 143 Å². The van der Waals surface area contributed by atoms with Gasteiger partial charge in [-0.15, -0.1) is 0 Å². The van der Waals surface area contributed by atoms with E-state index in [0.717, 1.165) is 117 Å². The fraction of sp³-hybridized carbons (Fsp3) is 0.479. The molecule has 7 amide bonds. The molecule has 20 heteroatoms. The zero-order chi connectivity index (χ0) is 65.1. The van der Waals surface area contributed by atoms with Crippen molar-refractivity contribution in [2.24, 2.45) is 7.05 Å². The molecule has 3 fully saturated rings. The third-order valence-electron chi connectivity index (χ3n) is 17.5. The molecule has 3 saturated heterocycles. The smallest absolute Gasteiger partial charge is 0.317 e. The Labute approximate surface area is 556 Å². The maximum absolute atomic E-state index is 13.4. The summed E-state index contributed by atoms with van der Waals surface area (Å²) < 4.78 is 29.0. The lowest BCUT2D eigenvalue weighted by atomic mass is 10.00. The van der Waals surface area contributed by atoms with Crippen LogP contribution in [0, 0.1) is 3.57 Å². The van der Waals surface area contributed by atoms with E-state index in [1.807, 2.05) is 124 Å². The number of sulfonamides is 1. The van der Waals surface area contributed by atoms with Gasteiger partial charge in [0.2, 0.25) is 5.91 Å². The number of piperidine rings is 3. The number of nitrogens with one attached hydrogen (secondary N) is 4. The number of aromatic nitrogens is 2. The Morgan fingerprint density at radius 2 is 0.956 bits per heavy atom. The monoisotopic (exact) mass is 1370 g/mol. The third kappa shape index (κ3) is 23.0. The van der Waals surface area contributed by atoms with E-state index in [2.05, 4.69) is 117 Å². The predicted octanol–water partition coefficient (Wildman–Crippen LogP) is 13.9. The van der Waals surface area contributed by atoms with Gasteiger partial charge in [-0.05, 0) is 154 Å². The molecule has 0 radical (unpaired) electrons. The largest absolute Gasteiger partial charge is 0.322 e. The normalized spacial score (nSPS) is 16.0. The Kier molecular flexibility index (Phi) is 29.1. The zero-order valence-electron chi connectivity index (χ0n) is 54.7. The summed E-state index contributed by atoms with van der Waals surface area (Å²) in [4.78, 5) is 64.4. The molecule has 4 N–H and O–H groups in total. The summed E-state index contributed by atoms with van der Waals surface area (Å²) in [6.45, 7) is 21.5. The lowest BCUT2D eigenvalue weighted by molar-refractivity contribution is -0.117. The van der Waals surface area contributed by atoms with Gasteiger partial charge in [-0.2, -0.15) is 5.10 Å². The van der Waals surface area contributed by atoms with Crippen LogP contribution in [0.15, 0.2) is 157 Å². The number of unbranched alkanes of at least 4 members (excludes halogenated alkanes) is 1. The van der Waals surface area contributed by atoms with Gasteiger partial charge in [0, 0.05) is 119 Å².